The van der Waals surface area contributed by atoms with Crippen LogP contribution in [0.15, 0.2) is 48.5 Å². The third kappa shape index (κ3) is 5.09. The number of carbonyl (C=O) groups is 2. The highest BCUT2D eigenvalue weighted by atomic mass is 35.5. The fourth-order valence-electron chi connectivity index (χ4n) is 1.92. The summed E-state index contributed by atoms with van der Waals surface area (Å²) in [6.45, 7) is 0. The molecule has 0 aliphatic heterocycles. The van der Waals surface area contributed by atoms with E-state index in [2.05, 4.69) is 5.32 Å². The average molecular weight is 370 g/mol. The largest absolute Gasteiger partial charge is 0.478 e. The maximum absolute atomic E-state index is 12.6. The molecule has 2 aromatic carbocycles. The maximum atomic E-state index is 12.6. The van der Waals surface area contributed by atoms with Crippen molar-refractivity contribution in [2.75, 3.05) is 5.32 Å². The Balaban J connectivity index is 2.14. The summed E-state index contributed by atoms with van der Waals surface area (Å²) in [5, 5.41) is 11.4. The van der Waals surface area contributed by atoms with Gasteiger partial charge in [-0.25, -0.2) is 4.79 Å². The van der Waals surface area contributed by atoms with Crippen LogP contribution < -0.4 is 5.32 Å². The lowest BCUT2D eigenvalue weighted by molar-refractivity contribution is -0.137. The van der Waals surface area contributed by atoms with Crippen LogP contribution in [-0.2, 0) is 11.0 Å². The number of nitrogens with one attached hydrogen (secondary N) is 1. The Bertz CT molecular complexity index is 847. The van der Waals surface area contributed by atoms with Crippen molar-refractivity contribution in [2.45, 2.75) is 6.18 Å². The van der Waals surface area contributed by atoms with Crippen molar-refractivity contribution in [1.82, 2.24) is 0 Å². The molecule has 1 amide bonds. The zero-order valence-electron chi connectivity index (χ0n) is 12.5. The first-order valence-electron chi connectivity index (χ1n) is 6.86. The monoisotopic (exact) mass is 369 g/mol. The highest BCUT2D eigenvalue weighted by Gasteiger charge is 2.30. The van der Waals surface area contributed by atoms with E-state index in [1.54, 1.807) is 0 Å². The van der Waals surface area contributed by atoms with Crippen molar-refractivity contribution < 1.29 is 27.9 Å². The molecule has 130 valence electrons. The molecule has 0 heterocycles. The summed E-state index contributed by atoms with van der Waals surface area (Å²) in [7, 11) is 0. The van der Waals surface area contributed by atoms with Crippen LogP contribution in [0.5, 0.6) is 0 Å². The zero-order valence-corrected chi connectivity index (χ0v) is 13.2. The van der Waals surface area contributed by atoms with E-state index in [-0.39, 0.29) is 21.8 Å². The first-order valence-corrected chi connectivity index (χ1v) is 7.24. The summed E-state index contributed by atoms with van der Waals surface area (Å²) in [4.78, 5) is 22.8. The molecule has 25 heavy (non-hydrogen) atoms. The van der Waals surface area contributed by atoms with E-state index < -0.39 is 23.6 Å². The Morgan fingerprint density at radius 3 is 2.48 bits per heavy atom. The Kier molecular flexibility index (Phi) is 5.48. The number of benzene rings is 2. The van der Waals surface area contributed by atoms with E-state index in [4.69, 9.17) is 16.7 Å². The van der Waals surface area contributed by atoms with Gasteiger partial charge in [-0.1, -0.05) is 23.7 Å². The Hall–Kier alpha value is -2.80. The number of hydrogen-bond donors (Lipinski definition) is 2. The fourth-order valence-corrected chi connectivity index (χ4v) is 2.08. The number of aromatic carboxylic acids is 1. The molecule has 0 saturated heterocycles. The number of alkyl halides is 3. The summed E-state index contributed by atoms with van der Waals surface area (Å²) in [5.74, 6) is -1.85. The van der Waals surface area contributed by atoms with E-state index >= 15 is 0 Å². The van der Waals surface area contributed by atoms with Gasteiger partial charge in [-0.05, 0) is 42.0 Å². The van der Waals surface area contributed by atoms with Crippen LogP contribution in [0.3, 0.4) is 0 Å². The summed E-state index contributed by atoms with van der Waals surface area (Å²) in [5.41, 5.74) is -0.621. The molecule has 2 aromatic rings. The van der Waals surface area contributed by atoms with Crippen molar-refractivity contribution >= 4 is 35.2 Å². The molecule has 0 aliphatic carbocycles. The van der Waals surface area contributed by atoms with Gasteiger partial charge in [-0.3, -0.25) is 4.79 Å². The molecular weight excluding hydrogens is 359 g/mol. The van der Waals surface area contributed by atoms with Gasteiger partial charge in [-0.2, -0.15) is 13.2 Å². The number of carboxylic acid groups (broad SMARTS) is 1. The Morgan fingerprint density at radius 1 is 1.12 bits per heavy atom. The van der Waals surface area contributed by atoms with Crippen LogP contribution in [-0.4, -0.2) is 17.0 Å². The van der Waals surface area contributed by atoms with E-state index in [1.165, 1.54) is 36.4 Å². The van der Waals surface area contributed by atoms with Crippen LogP contribution in [0, 0.1) is 0 Å². The van der Waals surface area contributed by atoms with Crippen LogP contribution in [0.4, 0.5) is 18.9 Å². The number of carbonyl (C=O) groups excluding carboxylic acids is 1. The van der Waals surface area contributed by atoms with Gasteiger partial charge >= 0.3 is 12.1 Å². The first kappa shape index (κ1) is 18.5. The molecule has 2 N–H and O–H groups in total. The predicted molar refractivity (Wildman–Crippen MR) is 87.5 cm³/mol. The third-order valence-electron chi connectivity index (χ3n) is 3.11. The second kappa shape index (κ2) is 7.40. The fraction of sp³-hybridized carbons (Fsp3) is 0.0588. The Labute approximate surface area is 145 Å². The minimum Gasteiger partial charge on any atom is -0.478 e. The quantitative estimate of drug-likeness (QED) is 0.767. The summed E-state index contributed by atoms with van der Waals surface area (Å²) in [6.07, 6.45) is -2.24. The highest BCUT2D eigenvalue weighted by Crippen LogP contribution is 2.29. The summed E-state index contributed by atoms with van der Waals surface area (Å²) < 4.78 is 37.9. The van der Waals surface area contributed by atoms with Gasteiger partial charge in [0.25, 0.3) is 0 Å². The molecule has 0 atom stereocenters. The standard InChI is InChI=1S/C17H11ClF3NO3/c18-13-6-5-11(16(24)25)9-14(13)22-15(23)7-4-10-2-1-3-12(8-10)17(19,20)21/h1-9H,(H,22,23)(H,24,25)/b7-4+. The lowest BCUT2D eigenvalue weighted by Crippen LogP contribution is -2.09. The highest BCUT2D eigenvalue weighted by molar-refractivity contribution is 6.34. The van der Waals surface area contributed by atoms with E-state index in [0.29, 0.717) is 0 Å². The molecule has 8 heteroatoms. The number of halogens is 4. The van der Waals surface area contributed by atoms with Gasteiger partial charge in [0, 0.05) is 6.08 Å². The third-order valence-corrected chi connectivity index (χ3v) is 3.44. The molecule has 4 nitrogen and oxygen atoms in total. The number of carboxylic acids is 1. The first-order chi connectivity index (χ1) is 11.7. The average Bonchev–Trinajstić information content (AvgIpc) is 2.54. The lowest BCUT2D eigenvalue weighted by atomic mass is 10.1. The van der Waals surface area contributed by atoms with Gasteiger partial charge < -0.3 is 10.4 Å². The molecule has 0 unspecified atom stereocenters. The van der Waals surface area contributed by atoms with Crippen LogP contribution in [0.2, 0.25) is 5.02 Å². The molecule has 0 saturated carbocycles. The van der Waals surface area contributed by atoms with Crippen LogP contribution in [0.25, 0.3) is 6.08 Å². The van der Waals surface area contributed by atoms with Gasteiger partial charge in [0.2, 0.25) is 5.91 Å². The summed E-state index contributed by atoms with van der Waals surface area (Å²) in [6, 6.07) is 8.25. The zero-order chi connectivity index (χ0) is 18.6. The van der Waals surface area contributed by atoms with Crippen molar-refractivity contribution in [3.05, 3.63) is 70.3 Å². The Morgan fingerprint density at radius 2 is 1.84 bits per heavy atom. The molecule has 0 bridgehead atoms. The number of anilines is 1. The van der Waals surface area contributed by atoms with Crippen LogP contribution in [0.1, 0.15) is 21.5 Å². The second-order valence-electron chi connectivity index (χ2n) is 4.95. The lowest BCUT2D eigenvalue weighted by Gasteiger charge is -2.07. The molecule has 0 aromatic heterocycles. The van der Waals surface area contributed by atoms with E-state index in [1.807, 2.05) is 0 Å². The molecule has 0 fully saturated rings. The van der Waals surface area contributed by atoms with Gasteiger partial charge in [0.15, 0.2) is 0 Å². The summed E-state index contributed by atoms with van der Waals surface area (Å²) >= 11 is 5.88. The maximum Gasteiger partial charge on any atom is 0.416 e. The van der Waals surface area contributed by atoms with Gasteiger partial charge in [0.1, 0.15) is 0 Å². The number of amides is 1. The van der Waals surface area contributed by atoms with Crippen LogP contribution >= 0.6 is 11.6 Å². The molecule has 0 aliphatic rings. The van der Waals surface area contributed by atoms with Crippen molar-refractivity contribution in [3.8, 4) is 0 Å². The van der Waals surface area contributed by atoms with Gasteiger partial charge in [-0.15, -0.1) is 0 Å². The van der Waals surface area contributed by atoms with E-state index in [0.717, 1.165) is 18.2 Å². The topological polar surface area (TPSA) is 66.4 Å². The van der Waals surface area contributed by atoms with Crippen molar-refractivity contribution in [2.24, 2.45) is 0 Å². The molecular formula is C17H11ClF3NO3. The van der Waals surface area contributed by atoms with Crippen molar-refractivity contribution in [3.63, 3.8) is 0 Å². The number of hydrogen-bond acceptors (Lipinski definition) is 2. The second-order valence-corrected chi connectivity index (χ2v) is 5.35. The normalized spacial score (nSPS) is 11.5. The number of rotatable bonds is 4. The predicted octanol–water partition coefficient (Wildman–Crippen LogP) is 4.71. The SMILES string of the molecule is O=C(/C=C/c1cccc(C(F)(F)F)c1)Nc1cc(C(=O)O)ccc1Cl. The van der Waals surface area contributed by atoms with Gasteiger partial charge in [0.05, 0.1) is 21.8 Å². The minimum atomic E-state index is -4.48. The molecule has 0 spiro atoms. The molecule has 0 radical (unpaired) electrons. The smallest absolute Gasteiger partial charge is 0.416 e. The van der Waals surface area contributed by atoms with Crippen molar-refractivity contribution in [1.29, 1.82) is 0 Å². The minimum absolute atomic E-state index is 0.0680. The van der Waals surface area contributed by atoms with E-state index in [9.17, 15) is 22.8 Å². The molecule has 2 rings (SSSR count).